The van der Waals surface area contributed by atoms with Gasteiger partial charge in [0.25, 0.3) is 0 Å². The highest BCUT2D eigenvalue weighted by Gasteiger charge is 2.05. The second-order valence-corrected chi connectivity index (χ2v) is 5.25. The first-order valence-electron chi connectivity index (χ1n) is 6.85. The molecule has 1 heterocycles. The Morgan fingerprint density at radius 2 is 1.95 bits per heavy atom. The van der Waals surface area contributed by atoms with Gasteiger partial charge in [-0.3, -0.25) is 0 Å². The van der Waals surface area contributed by atoms with E-state index in [1.807, 2.05) is 19.1 Å². The fourth-order valence-corrected chi connectivity index (χ4v) is 1.74. The van der Waals surface area contributed by atoms with E-state index in [-0.39, 0.29) is 0 Å². The molecule has 1 N–H and O–H groups in total. The van der Waals surface area contributed by atoms with Crippen molar-refractivity contribution in [1.29, 1.82) is 0 Å². The lowest BCUT2D eigenvalue weighted by molar-refractivity contribution is 0.270. The molecule has 0 aliphatic heterocycles. The van der Waals surface area contributed by atoms with Crippen LogP contribution >= 0.6 is 0 Å². The number of aromatic nitrogens is 2. The maximum Gasteiger partial charge on any atom is 0.145 e. The van der Waals surface area contributed by atoms with Crippen LogP contribution in [0, 0.1) is 12.8 Å². The van der Waals surface area contributed by atoms with Gasteiger partial charge < -0.3 is 10.1 Å². The van der Waals surface area contributed by atoms with Crippen LogP contribution in [0.25, 0.3) is 0 Å². The van der Waals surface area contributed by atoms with Crippen molar-refractivity contribution < 1.29 is 9.37 Å². The van der Waals surface area contributed by atoms with Gasteiger partial charge >= 0.3 is 0 Å². The highest BCUT2D eigenvalue weighted by Crippen LogP contribution is 2.14. The third-order valence-corrected chi connectivity index (χ3v) is 2.93. The van der Waals surface area contributed by atoms with Crippen LogP contribution in [0.2, 0.25) is 0 Å². The van der Waals surface area contributed by atoms with Gasteiger partial charge in [0.15, 0.2) is 0 Å². The van der Waals surface area contributed by atoms with Gasteiger partial charge in [-0.2, -0.15) is 0 Å². The number of aryl methyl sites for hydroxylation is 1. The molecule has 0 spiro atoms. The summed E-state index contributed by atoms with van der Waals surface area (Å²) in [6.45, 7) is 8.52. The zero-order valence-corrected chi connectivity index (χ0v) is 12.2. The first-order chi connectivity index (χ1) is 9.65. The summed E-state index contributed by atoms with van der Waals surface area (Å²) in [7, 11) is 0. The van der Waals surface area contributed by atoms with Gasteiger partial charge in [-0.25, -0.2) is 4.63 Å². The lowest BCUT2D eigenvalue weighted by Crippen LogP contribution is -2.18. The van der Waals surface area contributed by atoms with E-state index in [4.69, 9.17) is 4.74 Å². The number of hydrogen-bond acceptors (Lipinski definition) is 5. The molecule has 108 valence electrons. The maximum absolute atomic E-state index is 5.65. The summed E-state index contributed by atoms with van der Waals surface area (Å²) in [4.78, 5) is 0. The second kappa shape index (κ2) is 7.05. The lowest BCUT2D eigenvalue weighted by Gasteiger charge is -2.08. The van der Waals surface area contributed by atoms with Crippen molar-refractivity contribution in [1.82, 2.24) is 15.6 Å². The molecule has 0 saturated carbocycles. The molecule has 0 saturated heterocycles. The van der Waals surface area contributed by atoms with Gasteiger partial charge in [0.1, 0.15) is 23.7 Å². The minimum absolute atomic E-state index is 0.375. The van der Waals surface area contributed by atoms with Crippen LogP contribution in [0.4, 0.5) is 0 Å². The number of rotatable bonds is 7. The summed E-state index contributed by atoms with van der Waals surface area (Å²) in [6, 6.07) is 8.07. The summed E-state index contributed by atoms with van der Waals surface area (Å²) >= 11 is 0. The minimum Gasteiger partial charge on any atom is -0.487 e. The van der Waals surface area contributed by atoms with Gasteiger partial charge in [-0.05, 0) is 37.1 Å². The van der Waals surface area contributed by atoms with Gasteiger partial charge in [-0.15, -0.1) is 0 Å². The standard InChI is InChI=1S/C15H21N3O2/c1-11(2)8-16-9-13-4-6-14(7-5-13)19-10-15-12(3)17-20-18-15/h4-7,11,16H,8-10H2,1-3H3. The average molecular weight is 275 g/mol. The van der Waals surface area contributed by atoms with Crippen LogP contribution in [0.3, 0.4) is 0 Å². The summed E-state index contributed by atoms with van der Waals surface area (Å²) in [5.74, 6) is 1.48. The molecule has 0 aliphatic carbocycles. The molecule has 5 heteroatoms. The van der Waals surface area contributed by atoms with E-state index >= 15 is 0 Å². The van der Waals surface area contributed by atoms with Crippen molar-refractivity contribution in [2.24, 2.45) is 5.92 Å². The second-order valence-electron chi connectivity index (χ2n) is 5.25. The average Bonchev–Trinajstić information content (AvgIpc) is 2.83. The molecule has 0 amide bonds. The normalized spacial score (nSPS) is 11.0. The molecule has 0 fully saturated rings. The number of benzene rings is 1. The van der Waals surface area contributed by atoms with E-state index in [1.165, 1.54) is 5.56 Å². The van der Waals surface area contributed by atoms with Crippen LogP contribution in [0.5, 0.6) is 5.75 Å². The number of ether oxygens (including phenoxy) is 1. The molecular weight excluding hydrogens is 254 g/mol. The summed E-state index contributed by atoms with van der Waals surface area (Å²) in [5, 5.41) is 10.9. The Morgan fingerprint density at radius 1 is 1.20 bits per heavy atom. The molecule has 0 unspecified atom stereocenters. The van der Waals surface area contributed by atoms with Crippen LogP contribution in [-0.4, -0.2) is 16.9 Å². The van der Waals surface area contributed by atoms with Gasteiger partial charge in [0, 0.05) is 6.54 Å². The predicted octanol–water partition coefficient (Wildman–Crippen LogP) is 2.70. The zero-order chi connectivity index (χ0) is 14.4. The Bertz CT molecular complexity index is 520. The zero-order valence-electron chi connectivity index (χ0n) is 12.2. The van der Waals surface area contributed by atoms with E-state index in [0.29, 0.717) is 12.5 Å². The molecule has 0 atom stereocenters. The van der Waals surface area contributed by atoms with E-state index in [9.17, 15) is 0 Å². The third-order valence-electron chi connectivity index (χ3n) is 2.93. The Hall–Kier alpha value is -1.88. The molecule has 0 radical (unpaired) electrons. The summed E-state index contributed by atoms with van der Waals surface area (Å²) in [6.07, 6.45) is 0. The van der Waals surface area contributed by atoms with Crippen molar-refractivity contribution in [2.45, 2.75) is 33.9 Å². The van der Waals surface area contributed by atoms with Crippen molar-refractivity contribution in [2.75, 3.05) is 6.54 Å². The Labute approximate surface area is 119 Å². The summed E-state index contributed by atoms with van der Waals surface area (Å²) in [5.41, 5.74) is 2.74. The van der Waals surface area contributed by atoms with Crippen LogP contribution in [0.15, 0.2) is 28.9 Å². The minimum atomic E-state index is 0.375. The first-order valence-corrected chi connectivity index (χ1v) is 6.85. The van der Waals surface area contributed by atoms with Crippen molar-refractivity contribution in [3.63, 3.8) is 0 Å². The third kappa shape index (κ3) is 4.35. The Kier molecular flexibility index (Phi) is 5.12. The highest BCUT2D eigenvalue weighted by molar-refractivity contribution is 5.27. The van der Waals surface area contributed by atoms with E-state index in [2.05, 4.69) is 46.2 Å². The lowest BCUT2D eigenvalue weighted by atomic mass is 10.2. The van der Waals surface area contributed by atoms with Crippen molar-refractivity contribution >= 4 is 0 Å². The van der Waals surface area contributed by atoms with E-state index in [1.54, 1.807) is 0 Å². The first kappa shape index (κ1) is 14.5. The Morgan fingerprint density at radius 3 is 2.55 bits per heavy atom. The van der Waals surface area contributed by atoms with Crippen LogP contribution < -0.4 is 10.1 Å². The van der Waals surface area contributed by atoms with E-state index in [0.717, 1.165) is 30.2 Å². The highest BCUT2D eigenvalue weighted by atomic mass is 16.6. The molecule has 0 aliphatic rings. The van der Waals surface area contributed by atoms with Gasteiger partial charge in [0.05, 0.1) is 0 Å². The molecular formula is C15H21N3O2. The quantitative estimate of drug-likeness (QED) is 0.842. The monoisotopic (exact) mass is 275 g/mol. The largest absolute Gasteiger partial charge is 0.487 e. The molecule has 1 aromatic heterocycles. The molecule has 0 bridgehead atoms. The smallest absolute Gasteiger partial charge is 0.145 e. The fraction of sp³-hybridized carbons (Fsp3) is 0.467. The molecule has 1 aromatic carbocycles. The fourth-order valence-electron chi connectivity index (χ4n) is 1.74. The number of nitrogens with zero attached hydrogens (tertiary/aromatic N) is 2. The summed E-state index contributed by atoms with van der Waals surface area (Å²) < 4.78 is 10.3. The van der Waals surface area contributed by atoms with Gasteiger partial charge in [-0.1, -0.05) is 36.3 Å². The predicted molar refractivity (Wildman–Crippen MR) is 76.4 cm³/mol. The molecule has 5 nitrogen and oxygen atoms in total. The SMILES string of the molecule is Cc1nonc1COc1ccc(CNCC(C)C)cc1. The van der Waals surface area contributed by atoms with E-state index < -0.39 is 0 Å². The number of hydrogen-bond donors (Lipinski definition) is 1. The van der Waals surface area contributed by atoms with Gasteiger partial charge in [0.2, 0.25) is 0 Å². The van der Waals surface area contributed by atoms with Crippen molar-refractivity contribution in [3.05, 3.63) is 41.2 Å². The van der Waals surface area contributed by atoms with Crippen LogP contribution in [0.1, 0.15) is 30.8 Å². The van der Waals surface area contributed by atoms with Crippen molar-refractivity contribution in [3.8, 4) is 5.75 Å². The van der Waals surface area contributed by atoms with Crippen LogP contribution in [-0.2, 0) is 13.2 Å². The molecule has 20 heavy (non-hydrogen) atoms. The Balaban J connectivity index is 1.81. The topological polar surface area (TPSA) is 60.2 Å². The molecule has 2 aromatic rings. The molecule has 2 rings (SSSR count). The maximum atomic E-state index is 5.65. The number of nitrogens with one attached hydrogen (secondary N) is 1.